The minimum Gasteiger partial charge on any atom is -0.331 e. The van der Waals surface area contributed by atoms with Crippen molar-refractivity contribution in [3.8, 4) is 0 Å². The normalized spacial score (nSPS) is 9.93. The van der Waals surface area contributed by atoms with Crippen LogP contribution in [0.4, 0.5) is 5.95 Å². The van der Waals surface area contributed by atoms with Crippen LogP contribution in [0.5, 0.6) is 0 Å². The average Bonchev–Trinajstić information content (AvgIpc) is 2.70. The summed E-state index contributed by atoms with van der Waals surface area (Å²) < 4.78 is 0. The minimum atomic E-state index is -0.243. The van der Waals surface area contributed by atoms with E-state index < -0.39 is 0 Å². The first-order valence-electron chi connectivity index (χ1n) is 4.32. The Kier molecular flexibility index (Phi) is 2.69. The maximum atomic E-state index is 11.6. The zero-order valence-electron chi connectivity index (χ0n) is 7.70. The van der Waals surface area contributed by atoms with E-state index in [4.69, 9.17) is 11.6 Å². The van der Waals surface area contributed by atoms with E-state index in [9.17, 15) is 4.79 Å². The van der Waals surface area contributed by atoms with Crippen LogP contribution in [-0.2, 0) is 0 Å². The zero-order valence-corrected chi connectivity index (χ0v) is 8.45. The number of hydrogen-bond acceptors (Lipinski definition) is 2. The molecule has 1 aromatic carbocycles. The molecule has 15 heavy (non-hydrogen) atoms. The molecule has 0 saturated heterocycles. The van der Waals surface area contributed by atoms with Gasteiger partial charge in [0.25, 0.3) is 5.91 Å². The number of halogens is 1. The molecule has 0 spiro atoms. The number of nitrogens with zero attached hydrogens (tertiary/aromatic N) is 1. The van der Waals surface area contributed by atoms with Gasteiger partial charge >= 0.3 is 0 Å². The van der Waals surface area contributed by atoms with E-state index in [1.807, 2.05) is 0 Å². The summed E-state index contributed by atoms with van der Waals surface area (Å²) in [6.07, 6.45) is 3.20. The fraction of sp³-hybridized carbons (Fsp3) is 0. The van der Waals surface area contributed by atoms with E-state index in [-0.39, 0.29) is 5.91 Å². The van der Waals surface area contributed by atoms with Crippen LogP contribution in [0.1, 0.15) is 10.4 Å². The lowest BCUT2D eigenvalue weighted by Crippen LogP contribution is -2.12. The molecule has 0 aliphatic heterocycles. The molecule has 1 aromatic heterocycles. The quantitative estimate of drug-likeness (QED) is 0.818. The van der Waals surface area contributed by atoms with Gasteiger partial charge in [-0.2, -0.15) is 0 Å². The van der Waals surface area contributed by atoms with Crippen LogP contribution in [0, 0.1) is 0 Å². The SMILES string of the molecule is O=C(Nc1ncc[nH]1)c1cccc(Cl)c1. The zero-order chi connectivity index (χ0) is 10.7. The number of amides is 1. The van der Waals surface area contributed by atoms with E-state index in [0.717, 1.165) is 0 Å². The number of hydrogen-bond donors (Lipinski definition) is 2. The molecule has 0 saturated carbocycles. The Morgan fingerprint density at radius 3 is 3.00 bits per heavy atom. The molecule has 0 aliphatic carbocycles. The molecule has 0 fully saturated rings. The fourth-order valence-corrected chi connectivity index (χ4v) is 1.33. The number of nitrogens with one attached hydrogen (secondary N) is 2. The van der Waals surface area contributed by atoms with Crippen LogP contribution < -0.4 is 5.32 Å². The van der Waals surface area contributed by atoms with E-state index in [0.29, 0.717) is 16.5 Å². The van der Waals surface area contributed by atoms with Gasteiger partial charge in [0.1, 0.15) is 0 Å². The van der Waals surface area contributed by atoms with Crippen LogP contribution in [0.2, 0.25) is 5.02 Å². The third kappa shape index (κ3) is 2.35. The molecular weight excluding hydrogens is 214 g/mol. The molecule has 4 nitrogen and oxygen atoms in total. The topological polar surface area (TPSA) is 57.8 Å². The van der Waals surface area contributed by atoms with Gasteiger partial charge in [-0.1, -0.05) is 17.7 Å². The average molecular weight is 222 g/mol. The first-order valence-corrected chi connectivity index (χ1v) is 4.70. The second kappa shape index (κ2) is 4.14. The van der Waals surface area contributed by atoms with Crippen LogP contribution in [0.25, 0.3) is 0 Å². The number of carbonyl (C=O) groups is 1. The number of aromatic nitrogens is 2. The predicted molar refractivity (Wildman–Crippen MR) is 58.0 cm³/mol. The number of aromatic amines is 1. The summed E-state index contributed by atoms with van der Waals surface area (Å²) in [4.78, 5) is 18.3. The summed E-state index contributed by atoms with van der Waals surface area (Å²) in [5.41, 5.74) is 0.499. The van der Waals surface area contributed by atoms with Crippen LogP contribution in [-0.4, -0.2) is 15.9 Å². The highest BCUT2D eigenvalue weighted by Gasteiger charge is 2.06. The van der Waals surface area contributed by atoms with Gasteiger partial charge in [-0.05, 0) is 18.2 Å². The monoisotopic (exact) mass is 221 g/mol. The summed E-state index contributed by atoms with van der Waals surface area (Å²) in [5, 5.41) is 3.13. The lowest BCUT2D eigenvalue weighted by molar-refractivity contribution is 0.102. The van der Waals surface area contributed by atoms with Gasteiger partial charge in [-0.15, -0.1) is 0 Å². The van der Waals surface area contributed by atoms with Crippen molar-refractivity contribution >= 4 is 23.5 Å². The van der Waals surface area contributed by atoms with Gasteiger partial charge in [0.05, 0.1) is 0 Å². The summed E-state index contributed by atoms with van der Waals surface area (Å²) in [5.74, 6) is 0.174. The van der Waals surface area contributed by atoms with Crippen LogP contribution in [0.15, 0.2) is 36.7 Å². The Morgan fingerprint density at radius 1 is 1.47 bits per heavy atom. The van der Waals surface area contributed by atoms with Gasteiger partial charge < -0.3 is 4.98 Å². The Balaban J connectivity index is 2.15. The van der Waals surface area contributed by atoms with E-state index in [1.165, 1.54) is 0 Å². The molecule has 2 N–H and O–H groups in total. The molecule has 2 rings (SSSR count). The van der Waals surface area contributed by atoms with E-state index in [2.05, 4.69) is 15.3 Å². The molecule has 0 atom stereocenters. The lowest BCUT2D eigenvalue weighted by Gasteiger charge is -2.01. The number of benzene rings is 1. The Labute approximate surface area is 91.3 Å². The maximum Gasteiger partial charge on any atom is 0.258 e. The Morgan fingerprint density at radius 2 is 2.33 bits per heavy atom. The van der Waals surface area contributed by atoms with Gasteiger partial charge in [0.2, 0.25) is 5.95 Å². The van der Waals surface area contributed by atoms with Crippen molar-refractivity contribution in [2.75, 3.05) is 5.32 Å². The molecule has 1 amide bonds. The molecule has 76 valence electrons. The highest BCUT2D eigenvalue weighted by molar-refractivity contribution is 6.31. The molecule has 5 heteroatoms. The smallest absolute Gasteiger partial charge is 0.258 e. The van der Waals surface area contributed by atoms with Crippen molar-refractivity contribution in [3.05, 3.63) is 47.2 Å². The predicted octanol–water partition coefficient (Wildman–Crippen LogP) is 2.32. The minimum absolute atomic E-state index is 0.243. The molecule has 0 aliphatic rings. The molecule has 0 radical (unpaired) electrons. The van der Waals surface area contributed by atoms with Crippen molar-refractivity contribution in [2.45, 2.75) is 0 Å². The van der Waals surface area contributed by atoms with Crippen molar-refractivity contribution in [1.29, 1.82) is 0 Å². The van der Waals surface area contributed by atoms with Gasteiger partial charge in [-0.25, -0.2) is 4.98 Å². The van der Waals surface area contributed by atoms with Crippen molar-refractivity contribution in [1.82, 2.24) is 9.97 Å². The summed E-state index contributed by atoms with van der Waals surface area (Å²) in [6.45, 7) is 0. The van der Waals surface area contributed by atoms with Gasteiger partial charge in [0, 0.05) is 23.0 Å². The summed E-state index contributed by atoms with van der Waals surface area (Å²) in [7, 11) is 0. The first-order chi connectivity index (χ1) is 7.25. The largest absolute Gasteiger partial charge is 0.331 e. The van der Waals surface area contributed by atoms with E-state index >= 15 is 0 Å². The maximum absolute atomic E-state index is 11.6. The number of carbonyl (C=O) groups excluding carboxylic acids is 1. The molecular formula is C10H8ClN3O. The van der Waals surface area contributed by atoms with Crippen molar-refractivity contribution in [3.63, 3.8) is 0 Å². The third-order valence-corrected chi connectivity index (χ3v) is 2.05. The Hall–Kier alpha value is -1.81. The molecule has 2 aromatic rings. The van der Waals surface area contributed by atoms with Crippen LogP contribution >= 0.6 is 11.6 Å². The number of imidazole rings is 1. The second-order valence-electron chi connectivity index (χ2n) is 2.90. The first kappa shape index (κ1) is 9.73. The van der Waals surface area contributed by atoms with E-state index in [1.54, 1.807) is 36.7 Å². The summed E-state index contributed by atoms with van der Waals surface area (Å²) >= 11 is 5.77. The van der Waals surface area contributed by atoms with Gasteiger partial charge in [0.15, 0.2) is 0 Å². The second-order valence-corrected chi connectivity index (χ2v) is 3.34. The van der Waals surface area contributed by atoms with Crippen molar-refractivity contribution in [2.24, 2.45) is 0 Å². The van der Waals surface area contributed by atoms with Crippen LogP contribution in [0.3, 0.4) is 0 Å². The number of anilines is 1. The molecule has 0 unspecified atom stereocenters. The summed E-state index contributed by atoms with van der Waals surface area (Å²) in [6, 6.07) is 6.72. The Bertz CT molecular complexity index is 467. The highest BCUT2D eigenvalue weighted by Crippen LogP contribution is 2.11. The third-order valence-electron chi connectivity index (χ3n) is 1.82. The highest BCUT2D eigenvalue weighted by atomic mass is 35.5. The number of H-pyrrole nitrogens is 1. The molecule has 0 bridgehead atoms. The standard InChI is InChI=1S/C10H8ClN3O/c11-8-3-1-2-7(6-8)9(15)14-10-12-4-5-13-10/h1-6H,(H2,12,13,14,15). The fourth-order valence-electron chi connectivity index (χ4n) is 1.14. The lowest BCUT2D eigenvalue weighted by atomic mass is 10.2. The van der Waals surface area contributed by atoms with Gasteiger partial charge in [-0.3, -0.25) is 10.1 Å². The molecule has 1 heterocycles. The van der Waals surface area contributed by atoms with Crippen molar-refractivity contribution < 1.29 is 4.79 Å². The number of rotatable bonds is 2.